The van der Waals surface area contributed by atoms with Gasteiger partial charge in [0.2, 0.25) is 5.91 Å². The van der Waals surface area contributed by atoms with Crippen LogP contribution in [0.3, 0.4) is 0 Å². The highest BCUT2D eigenvalue weighted by atomic mass is 16.5. The SMILES string of the molecule is CN1C[C@@H](COCC2CC2)[C@]2(CCN(C(=O)C3(C)CC=CCC3)C2)C1. The molecule has 2 saturated heterocycles. The van der Waals surface area contributed by atoms with Gasteiger partial charge in [0.15, 0.2) is 0 Å². The van der Waals surface area contributed by atoms with Gasteiger partial charge in [-0.25, -0.2) is 0 Å². The topological polar surface area (TPSA) is 32.8 Å². The molecule has 4 heteroatoms. The Bertz CT molecular complexity index is 544. The minimum absolute atomic E-state index is 0.178. The first-order valence-electron chi connectivity index (χ1n) is 10.2. The Hall–Kier alpha value is -0.870. The summed E-state index contributed by atoms with van der Waals surface area (Å²) in [6.45, 7) is 8.10. The lowest BCUT2D eigenvalue weighted by Crippen LogP contribution is -2.44. The molecule has 1 spiro atoms. The second-order valence-corrected chi connectivity index (χ2v) is 9.49. The average molecular weight is 347 g/mol. The van der Waals surface area contributed by atoms with E-state index in [1.54, 1.807) is 0 Å². The van der Waals surface area contributed by atoms with Crippen molar-refractivity contribution in [3.8, 4) is 0 Å². The zero-order valence-corrected chi connectivity index (χ0v) is 16.0. The van der Waals surface area contributed by atoms with E-state index in [1.165, 1.54) is 12.8 Å². The maximum atomic E-state index is 13.2. The van der Waals surface area contributed by atoms with Crippen LogP contribution in [0, 0.1) is 22.7 Å². The van der Waals surface area contributed by atoms with Crippen LogP contribution in [0.4, 0.5) is 0 Å². The molecule has 0 aromatic rings. The highest BCUT2D eigenvalue weighted by Gasteiger charge is 2.52. The first kappa shape index (κ1) is 17.5. The molecule has 4 rings (SSSR count). The lowest BCUT2D eigenvalue weighted by molar-refractivity contribution is -0.141. The number of amides is 1. The van der Waals surface area contributed by atoms with Crippen LogP contribution in [-0.4, -0.2) is 62.1 Å². The highest BCUT2D eigenvalue weighted by Crippen LogP contribution is 2.45. The minimum Gasteiger partial charge on any atom is -0.381 e. The van der Waals surface area contributed by atoms with Crippen LogP contribution < -0.4 is 0 Å². The molecule has 140 valence electrons. The Balaban J connectivity index is 1.39. The van der Waals surface area contributed by atoms with E-state index in [4.69, 9.17) is 4.74 Å². The Morgan fingerprint density at radius 3 is 2.76 bits per heavy atom. The second kappa shape index (κ2) is 6.70. The molecule has 1 saturated carbocycles. The number of allylic oxidation sites excluding steroid dienone is 2. The van der Waals surface area contributed by atoms with E-state index in [9.17, 15) is 4.79 Å². The number of nitrogens with zero attached hydrogens (tertiary/aromatic N) is 2. The first-order chi connectivity index (χ1) is 12.0. The molecule has 3 atom stereocenters. The van der Waals surface area contributed by atoms with E-state index < -0.39 is 0 Å². The molecule has 0 aromatic heterocycles. The standard InChI is InChI=1S/C21H34N2O2/c1-20(8-4-3-5-9-20)19(24)23-11-10-21(16-23)15-22(2)12-18(21)14-25-13-17-6-7-17/h3-4,17-18H,5-16H2,1-2H3/t18-,20?,21+/m0/s1. The van der Waals surface area contributed by atoms with Crippen molar-refractivity contribution in [1.29, 1.82) is 0 Å². The summed E-state index contributed by atoms with van der Waals surface area (Å²) in [6, 6.07) is 0. The third-order valence-corrected chi connectivity index (χ3v) is 7.14. The summed E-state index contributed by atoms with van der Waals surface area (Å²) in [5.74, 6) is 1.80. The lowest BCUT2D eigenvalue weighted by atomic mass is 9.76. The van der Waals surface area contributed by atoms with Gasteiger partial charge < -0.3 is 14.5 Å². The predicted octanol–water partition coefficient (Wildman–Crippen LogP) is 2.94. The van der Waals surface area contributed by atoms with Crippen LogP contribution in [-0.2, 0) is 9.53 Å². The molecule has 0 bridgehead atoms. The Morgan fingerprint density at radius 2 is 2.04 bits per heavy atom. The van der Waals surface area contributed by atoms with E-state index in [-0.39, 0.29) is 10.8 Å². The van der Waals surface area contributed by atoms with Crippen LogP contribution in [0.1, 0.15) is 45.4 Å². The summed E-state index contributed by atoms with van der Waals surface area (Å²) in [4.78, 5) is 17.8. The third-order valence-electron chi connectivity index (χ3n) is 7.14. The minimum atomic E-state index is -0.178. The number of carbonyl (C=O) groups is 1. The fourth-order valence-corrected chi connectivity index (χ4v) is 5.26. The lowest BCUT2D eigenvalue weighted by Gasteiger charge is -2.35. The number of carbonyl (C=O) groups excluding carboxylic acids is 1. The number of hydrogen-bond donors (Lipinski definition) is 0. The maximum Gasteiger partial charge on any atom is 0.228 e. The molecule has 2 aliphatic heterocycles. The van der Waals surface area contributed by atoms with Gasteiger partial charge in [-0.2, -0.15) is 0 Å². The third kappa shape index (κ3) is 3.52. The van der Waals surface area contributed by atoms with Gasteiger partial charge in [0.05, 0.1) is 12.0 Å². The number of ether oxygens (including phenoxy) is 1. The number of rotatable bonds is 5. The fourth-order valence-electron chi connectivity index (χ4n) is 5.26. The van der Waals surface area contributed by atoms with Gasteiger partial charge in [0, 0.05) is 44.1 Å². The van der Waals surface area contributed by atoms with Crippen molar-refractivity contribution < 1.29 is 9.53 Å². The first-order valence-corrected chi connectivity index (χ1v) is 10.2. The molecule has 1 amide bonds. The Morgan fingerprint density at radius 1 is 1.20 bits per heavy atom. The quantitative estimate of drug-likeness (QED) is 0.718. The molecule has 0 aromatic carbocycles. The summed E-state index contributed by atoms with van der Waals surface area (Å²) < 4.78 is 6.07. The summed E-state index contributed by atoms with van der Waals surface area (Å²) in [6.07, 6.45) is 11.2. The van der Waals surface area contributed by atoms with Crippen molar-refractivity contribution in [3.63, 3.8) is 0 Å². The van der Waals surface area contributed by atoms with Gasteiger partial charge in [-0.3, -0.25) is 4.79 Å². The van der Waals surface area contributed by atoms with Crippen molar-refractivity contribution in [2.45, 2.75) is 45.4 Å². The molecule has 0 N–H and O–H groups in total. The molecule has 25 heavy (non-hydrogen) atoms. The van der Waals surface area contributed by atoms with Crippen molar-refractivity contribution in [3.05, 3.63) is 12.2 Å². The molecular formula is C21H34N2O2. The fraction of sp³-hybridized carbons (Fsp3) is 0.857. The van der Waals surface area contributed by atoms with Crippen molar-refractivity contribution in [1.82, 2.24) is 9.80 Å². The van der Waals surface area contributed by atoms with E-state index in [0.29, 0.717) is 11.8 Å². The monoisotopic (exact) mass is 346 g/mol. The largest absolute Gasteiger partial charge is 0.381 e. The van der Waals surface area contributed by atoms with Crippen LogP contribution >= 0.6 is 0 Å². The van der Waals surface area contributed by atoms with Crippen LogP contribution in [0.25, 0.3) is 0 Å². The van der Waals surface area contributed by atoms with Gasteiger partial charge in [-0.1, -0.05) is 19.1 Å². The zero-order chi connectivity index (χ0) is 17.5. The van der Waals surface area contributed by atoms with E-state index in [1.807, 2.05) is 0 Å². The van der Waals surface area contributed by atoms with Gasteiger partial charge in [-0.15, -0.1) is 0 Å². The maximum absolute atomic E-state index is 13.2. The van der Waals surface area contributed by atoms with Gasteiger partial charge in [0.25, 0.3) is 0 Å². The average Bonchev–Trinajstić information content (AvgIpc) is 3.24. The molecule has 2 aliphatic carbocycles. The van der Waals surface area contributed by atoms with Crippen LogP contribution in [0.15, 0.2) is 12.2 Å². The zero-order valence-electron chi connectivity index (χ0n) is 16.0. The molecule has 4 nitrogen and oxygen atoms in total. The number of hydrogen-bond acceptors (Lipinski definition) is 3. The normalized spacial score (nSPS) is 38.8. The predicted molar refractivity (Wildman–Crippen MR) is 99.3 cm³/mol. The van der Waals surface area contributed by atoms with E-state index in [2.05, 4.69) is 35.9 Å². The summed E-state index contributed by atoms with van der Waals surface area (Å²) in [7, 11) is 2.22. The van der Waals surface area contributed by atoms with E-state index in [0.717, 1.165) is 71.0 Å². The second-order valence-electron chi connectivity index (χ2n) is 9.49. The smallest absolute Gasteiger partial charge is 0.228 e. The molecular weight excluding hydrogens is 312 g/mol. The summed E-state index contributed by atoms with van der Waals surface area (Å²) in [5, 5.41) is 0. The summed E-state index contributed by atoms with van der Waals surface area (Å²) in [5.41, 5.74) is 0.0809. The van der Waals surface area contributed by atoms with Crippen molar-refractivity contribution in [2.24, 2.45) is 22.7 Å². The molecule has 1 unspecified atom stereocenters. The summed E-state index contributed by atoms with van der Waals surface area (Å²) >= 11 is 0. The molecule has 3 fully saturated rings. The molecule has 4 aliphatic rings. The number of likely N-dealkylation sites (tertiary alicyclic amines) is 2. The van der Waals surface area contributed by atoms with Crippen LogP contribution in [0.5, 0.6) is 0 Å². The van der Waals surface area contributed by atoms with Crippen LogP contribution in [0.2, 0.25) is 0 Å². The van der Waals surface area contributed by atoms with Gasteiger partial charge in [-0.05, 0) is 51.5 Å². The highest BCUT2D eigenvalue weighted by molar-refractivity contribution is 5.83. The molecule has 0 radical (unpaired) electrons. The van der Waals surface area contributed by atoms with Crippen molar-refractivity contribution in [2.75, 3.05) is 46.4 Å². The van der Waals surface area contributed by atoms with Gasteiger partial charge in [0.1, 0.15) is 0 Å². The van der Waals surface area contributed by atoms with E-state index >= 15 is 0 Å². The Labute approximate surface area is 152 Å². The van der Waals surface area contributed by atoms with Gasteiger partial charge >= 0.3 is 0 Å². The Kier molecular flexibility index (Phi) is 4.70. The van der Waals surface area contributed by atoms with Crippen molar-refractivity contribution >= 4 is 5.91 Å². The molecule has 2 heterocycles.